The Hall–Kier alpha value is -2.54. The molecule has 2 aromatic rings. The lowest BCUT2D eigenvalue weighted by molar-refractivity contribution is -0.140. The molecule has 0 saturated carbocycles. The highest BCUT2D eigenvalue weighted by Gasteiger charge is 2.15. The molecule has 8 heteroatoms. The van der Waals surface area contributed by atoms with Crippen LogP contribution in [-0.2, 0) is 16.1 Å². The number of carbonyl (C=O) groups excluding carboxylic acids is 2. The minimum atomic E-state index is -0.352. The van der Waals surface area contributed by atoms with E-state index in [4.69, 9.17) is 11.6 Å². The summed E-state index contributed by atoms with van der Waals surface area (Å²) in [5, 5.41) is 3.34. The summed E-state index contributed by atoms with van der Waals surface area (Å²) in [6.45, 7) is 1.52. The SMILES string of the molecule is COC(=O)CCN(CCCn1ccnc1)C(=O)Nc1cccc(Cl)c1. The number of carbonyl (C=O) groups is 2. The molecule has 0 radical (unpaired) electrons. The quantitative estimate of drug-likeness (QED) is 0.730. The van der Waals surface area contributed by atoms with Crippen LogP contribution in [0.5, 0.6) is 0 Å². The number of hydrogen-bond acceptors (Lipinski definition) is 4. The van der Waals surface area contributed by atoms with Crippen LogP contribution in [0.2, 0.25) is 5.02 Å². The summed E-state index contributed by atoms with van der Waals surface area (Å²) in [5.74, 6) is -0.352. The summed E-state index contributed by atoms with van der Waals surface area (Å²) in [6, 6.07) is 6.64. The van der Waals surface area contributed by atoms with Crippen molar-refractivity contribution >= 4 is 29.3 Å². The number of halogens is 1. The molecular weight excluding hydrogens is 344 g/mol. The maximum atomic E-state index is 12.5. The summed E-state index contributed by atoms with van der Waals surface area (Å²) < 4.78 is 6.59. The number of nitrogens with one attached hydrogen (secondary N) is 1. The fourth-order valence-corrected chi connectivity index (χ4v) is 2.47. The van der Waals surface area contributed by atoms with E-state index < -0.39 is 0 Å². The molecule has 2 amide bonds. The van der Waals surface area contributed by atoms with Gasteiger partial charge in [0, 0.05) is 42.7 Å². The van der Waals surface area contributed by atoms with E-state index in [1.54, 1.807) is 41.7 Å². The standard InChI is InChI=1S/C17H21ClN4O3/c1-25-16(23)6-10-22(9-3-8-21-11-7-19-13-21)17(24)20-15-5-2-4-14(18)12-15/h2,4-5,7,11-13H,3,6,8-10H2,1H3,(H,20,24). The van der Waals surface area contributed by atoms with E-state index in [0.29, 0.717) is 17.3 Å². The highest BCUT2D eigenvalue weighted by molar-refractivity contribution is 6.30. The molecule has 0 unspecified atom stereocenters. The van der Waals surface area contributed by atoms with Gasteiger partial charge in [-0.3, -0.25) is 4.79 Å². The Kier molecular flexibility index (Phi) is 7.28. The van der Waals surface area contributed by atoms with Gasteiger partial charge in [0.2, 0.25) is 0 Å². The van der Waals surface area contributed by atoms with E-state index in [1.165, 1.54) is 7.11 Å². The Morgan fingerprint density at radius 3 is 2.88 bits per heavy atom. The van der Waals surface area contributed by atoms with Crippen LogP contribution >= 0.6 is 11.6 Å². The molecule has 7 nitrogen and oxygen atoms in total. The monoisotopic (exact) mass is 364 g/mol. The van der Waals surface area contributed by atoms with Crippen molar-refractivity contribution in [3.63, 3.8) is 0 Å². The van der Waals surface area contributed by atoms with Crippen molar-refractivity contribution in [1.29, 1.82) is 0 Å². The molecule has 2 rings (SSSR count). The van der Waals surface area contributed by atoms with Gasteiger partial charge in [0.25, 0.3) is 0 Å². The first-order valence-corrected chi connectivity index (χ1v) is 8.30. The number of ether oxygens (including phenoxy) is 1. The molecule has 134 valence electrons. The number of aromatic nitrogens is 2. The second-order valence-electron chi connectivity index (χ2n) is 5.41. The van der Waals surface area contributed by atoms with Gasteiger partial charge in [-0.25, -0.2) is 9.78 Å². The lowest BCUT2D eigenvalue weighted by Crippen LogP contribution is -2.37. The normalized spacial score (nSPS) is 10.3. The molecule has 0 atom stereocenters. The molecule has 1 N–H and O–H groups in total. The summed E-state index contributed by atoms with van der Waals surface area (Å²) in [4.78, 5) is 29.5. The lowest BCUT2D eigenvalue weighted by Gasteiger charge is -2.23. The van der Waals surface area contributed by atoms with Crippen LogP contribution in [-0.4, -0.2) is 46.7 Å². The Morgan fingerprint density at radius 1 is 1.36 bits per heavy atom. The van der Waals surface area contributed by atoms with Gasteiger partial charge in [0.1, 0.15) is 0 Å². The Morgan fingerprint density at radius 2 is 2.20 bits per heavy atom. The second kappa shape index (κ2) is 9.68. The molecule has 0 spiro atoms. The third kappa shape index (κ3) is 6.46. The van der Waals surface area contributed by atoms with Crippen LogP contribution in [0.15, 0.2) is 43.0 Å². The van der Waals surface area contributed by atoms with Crippen LogP contribution in [0.3, 0.4) is 0 Å². The van der Waals surface area contributed by atoms with E-state index in [1.807, 2.05) is 10.8 Å². The number of methoxy groups -OCH3 is 1. The summed E-state index contributed by atoms with van der Waals surface area (Å²) in [7, 11) is 1.33. The van der Waals surface area contributed by atoms with Crippen molar-refractivity contribution in [1.82, 2.24) is 14.5 Å². The topological polar surface area (TPSA) is 76.5 Å². The maximum Gasteiger partial charge on any atom is 0.321 e. The average molecular weight is 365 g/mol. The molecular formula is C17H21ClN4O3. The molecule has 1 heterocycles. The first kappa shape index (κ1) is 18.8. The molecule has 0 aliphatic carbocycles. The number of benzene rings is 1. The van der Waals surface area contributed by atoms with Crippen molar-refractivity contribution in [3.8, 4) is 0 Å². The second-order valence-corrected chi connectivity index (χ2v) is 5.84. The molecule has 0 fully saturated rings. The third-order valence-corrected chi connectivity index (χ3v) is 3.82. The minimum absolute atomic E-state index is 0.143. The fraction of sp³-hybridized carbons (Fsp3) is 0.353. The molecule has 0 aliphatic heterocycles. The molecule has 1 aromatic heterocycles. The van der Waals surface area contributed by atoms with Gasteiger partial charge in [0.15, 0.2) is 0 Å². The Bertz CT molecular complexity index is 691. The van der Waals surface area contributed by atoms with Crippen LogP contribution in [0.4, 0.5) is 10.5 Å². The molecule has 25 heavy (non-hydrogen) atoms. The van der Waals surface area contributed by atoms with Gasteiger partial charge >= 0.3 is 12.0 Å². The van der Waals surface area contributed by atoms with Gasteiger partial charge in [-0.2, -0.15) is 0 Å². The number of esters is 1. The highest BCUT2D eigenvalue weighted by Crippen LogP contribution is 2.15. The van der Waals surface area contributed by atoms with Crippen LogP contribution in [0.25, 0.3) is 0 Å². The van der Waals surface area contributed by atoms with Gasteiger partial charge < -0.3 is 19.5 Å². The summed E-state index contributed by atoms with van der Waals surface area (Å²) in [6.07, 6.45) is 6.18. The molecule has 0 bridgehead atoms. The predicted octanol–water partition coefficient (Wildman–Crippen LogP) is 3.02. The number of nitrogens with zero attached hydrogens (tertiary/aromatic N) is 3. The van der Waals surface area contributed by atoms with Crippen LogP contribution in [0, 0.1) is 0 Å². The first-order chi connectivity index (χ1) is 12.1. The van der Waals surface area contributed by atoms with E-state index in [2.05, 4.69) is 15.0 Å². The van der Waals surface area contributed by atoms with E-state index >= 15 is 0 Å². The van der Waals surface area contributed by atoms with Gasteiger partial charge in [0.05, 0.1) is 19.9 Å². The zero-order chi connectivity index (χ0) is 18.1. The Balaban J connectivity index is 1.93. The molecule has 0 aliphatic rings. The van der Waals surface area contributed by atoms with E-state index in [9.17, 15) is 9.59 Å². The number of urea groups is 1. The maximum absolute atomic E-state index is 12.5. The largest absolute Gasteiger partial charge is 0.469 e. The minimum Gasteiger partial charge on any atom is -0.469 e. The van der Waals surface area contributed by atoms with Gasteiger partial charge in [-0.05, 0) is 24.6 Å². The first-order valence-electron chi connectivity index (χ1n) is 7.92. The van der Waals surface area contributed by atoms with Gasteiger partial charge in [-0.15, -0.1) is 0 Å². The number of hydrogen-bond donors (Lipinski definition) is 1. The summed E-state index contributed by atoms with van der Waals surface area (Å²) in [5.41, 5.74) is 0.607. The van der Waals surface area contributed by atoms with Crippen LogP contribution < -0.4 is 5.32 Å². The number of amides is 2. The zero-order valence-electron chi connectivity index (χ0n) is 14.0. The number of aryl methyl sites for hydroxylation is 1. The Labute approximate surface area is 151 Å². The van der Waals surface area contributed by atoms with E-state index in [0.717, 1.165) is 13.0 Å². The number of anilines is 1. The van der Waals surface area contributed by atoms with Crippen LogP contribution in [0.1, 0.15) is 12.8 Å². The van der Waals surface area contributed by atoms with Crippen molar-refractivity contribution < 1.29 is 14.3 Å². The zero-order valence-corrected chi connectivity index (χ0v) is 14.8. The van der Waals surface area contributed by atoms with Crippen molar-refractivity contribution in [2.75, 3.05) is 25.5 Å². The van der Waals surface area contributed by atoms with Gasteiger partial charge in [-0.1, -0.05) is 17.7 Å². The van der Waals surface area contributed by atoms with E-state index in [-0.39, 0.29) is 25.0 Å². The van der Waals surface area contributed by atoms with Crippen molar-refractivity contribution in [2.45, 2.75) is 19.4 Å². The smallest absolute Gasteiger partial charge is 0.321 e. The third-order valence-electron chi connectivity index (χ3n) is 3.58. The highest BCUT2D eigenvalue weighted by atomic mass is 35.5. The van der Waals surface area contributed by atoms with Crippen molar-refractivity contribution in [3.05, 3.63) is 48.0 Å². The lowest BCUT2D eigenvalue weighted by atomic mass is 10.3. The molecule has 0 saturated heterocycles. The average Bonchev–Trinajstić information content (AvgIpc) is 3.10. The predicted molar refractivity (Wildman–Crippen MR) is 95.5 cm³/mol. The molecule has 1 aromatic carbocycles. The fourth-order valence-electron chi connectivity index (χ4n) is 2.28. The summed E-state index contributed by atoms with van der Waals surface area (Å²) >= 11 is 5.94. The number of rotatable bonds is 8. The van der Waals surface area contributed by atoms with Crippen molar-refractivity contribution in [2.24, 2.45) is 0 Å². The number of imidazole rings is 1.